The van der Waals surface area contributed by atoms with E-state index in [1.165, 1.54) is 6.07 Å². The summed E-state index contributed by atoms with van der Waals surface area (Å²) in [6.45, 7) is 1.49. The maximum Gasteiger partial charge on any atom is 0.307 e. The Morgan fingerprint density at radius 3 is 2.69 bits per heavy atom. The summed E-state index contributed by atoms with van der Waals surface area (Å²) in [7, 11) is -3.61. The minimum Gasteiger partial charge on any atom is -0.456 e. The highest BCUT2D eigenvalue weighted by atomic mass is 32.2. The van der Waals surface area contributed by atoms with Crippen molar-refractivity contribution < 1.29 is 22.7 Å². The molecule has 0 unspecified atom stereocenters. The van der Waals surface area contributed by atoms with Crippen LogP contribution in [0, 0.1) is 0 Å². The van der Waals surface area contributed by atoms with Crippen LogP contribution in [-0.2, 0) is 30.8 Å². The lowest BCUT2D eigenvalue weighted by Gasteiger charge is -2.08. The molecule has 0 radical (unpaired) electrons. The van der Waals surface area contributed by atoms with Gasteiger partial charge in [0, 0.05) is 12.2 Å². The number of thiophene rings is 1. The van der Waals surface area contributed by atoms with Gasteiger partial charge in [-0.25, -0.2) is 13.1 Å². The van der Waals surface area contributed by atoms with E-state index in [1.54, 1.807) is 17.5 Å². The van der Waals surface area contributed by atoms with Gasteiger partial charge in [0.1, 0.15) is 4.21 Å². The second-order valence-electron chi connectivity index (χ2n) is 5.34. The van der Waals surface area contributed by atoms with E-state index in [4.69, 9.17) is 4.74 Å². The standard InChI is InChI=1S/C17H20N2O5S2/c1-2-13-5-3-6-14(11-13)19-15(20)12-24-16(21)8-9-18-26(22,23)17-7-4-10-25-17/h3-7,10-11,18H,2,8-9,12H2,1H3,(H,19,20). The molecule has 2 rings (SSSR count). The minimum absolute atomic E-state index is 0.0980. The molecule has 1 aromatic carbocycles. The summed E-state index contributed by atoms with van der Waals surface area (Å²) in [6, 6.07) is 10.5. The molecule has 1 amide bonds. The first-order chi connectivity index (χ1) is 12.4. The first-order valence-electron chi connectivity index (χ1n) is 7.98. The number of carbonyl (C=O) groups excluding carboxylic acids is 2. The Morgan fingerprint density at radius 1 is 1.19 bits per heavy atom. The molecule has 7 nitrogen and oxygen atoms in total. The van der Waals surface area contributed by atoms with Crippen molar-refractivity contribution in [2.45, 2.75) is 24.0 Å². The van der Waals surface area contributed by atoms with Gasteiger partial charge in [0.2, 0.25) is 10.0 Å². The van der Waals surface area contributed by atoms with Gasteiger partial charge in [-0.15, -0.1) is 11.3 Å². The molecule has 140 valence electrons. The third kappa shape index (κ3) is 6.25. The van der Waals surface area contributed by atoms with Gasteiger partial charge in [-0.1, -0.05) is 25.1 Å². The number of benzene rings is 1. The van der Waals surface area contributed by atoms with Crippen molar-refractivity contribution in [2.75, 3.05) is 18.5 Å². The second kappa shape index (κ2) is 9.46. The number of esters is 1. The van der Waals surface area contributed by atoms with E-state index in [-0.39, 0.29) is 17.2 Å². The van der Waals surface area contributed by atoms with E-state index in [0.29, 0.717) is 5.69 Å². The smallest absolute Gasteiger partial charge is 0.307 e. The third-order valence-corrected chi connectivity index (χ3v) is 6.22. The molecule has 0 aliphatic rings. The molecule has 0 spiro atoms. The molecular weight excluding hydrogens is 376 g/mol. The predicted octanol–water partition coefficient (Wildman–Crippen LogP) is 2.16. The lowest BCUT2D eigenvalue weighted by atomic mass is 10.1. The SMILES string of the molecule is CCc1cccc(NC(=O)COC(=O)CCNS(=O)(=O)c2cccs2)c1. The van der Waals surface area contributed by atoms with Gasteiger partial charge >= 0.3 is 5.97 Å². The minimum atomic E-state index is -3.61. The van der Waals surface area contributed by atoms with Crippen LogP contribution in [0.1, 0.15) is 18.9 Å². The first kappa shape index (κ1) is 20.1. The molecule has 0 saturated heterocycles. The van der Waals surface area contributed by atoms with Gasteiger partial charge in [0.05, 0.1) is 6.42 Å². The number of anilines is 1. The summed E-state index contributed by atoms with van der Waals surface area (Å²) >= 11 is 1.09. The number of rotatable bonds is 9. The lowest BCUT2D eigenvalue weighted by molar-refractivity contribution is -0.147. The zero-order chi connectivity index (χ0) is 19.0. The van der Waals surface area contributed by atoms with E-state index in [0.717, 1.165) is 23.3 Å². The molecule has 26 heavy (non-hydrogen) atoms. The highest BCUT2D eigenvalue weighted by Gasteiger charge is 2.15. The number of ether oxygens (including phenoxy) is 1. The van der Waals surface area contributed by atoms with Crippen LogP contribution in [0.3, 0.4) is 0 Å². The summed E-state index contributed by atoms with van der Waals surface area (Å²) in [6.07, 6.45) is 0.684. The van der Waals surface area contributed by atoms with Crippen molar-refractivity contribution in [1.82, 2.24) is 4.72 Å². The molecule has 0 saturated carbocycles. The highest BCUT2D eigenvalue weighted by Crippen LogP contribution is 2.15. The molecule has 2 N–H and O–H groups in total. The van der Waals surface area contributed by atoms with Crippen LogP contribution >= 0.6 is 11.3 Å². The topological polar surface area (TPSA) is 102 Å². The summed E-state index contributed by atoms with van der Waals surface area (Å²) in [4.78, 5) is 23.4. The number of aryl methyl sites for hydroxylation is 1. The van der Waals surface area contributed by atoms with Crippen LogP contribution in [0.15, 0.2) is 46.0 Å². The zero-order valence-electron chi connectivity index (χ0n) is 14.2. The van der Waals surface area contributed by atoms with Gasteiger partial charge in [0.25, 0.3) is 5.91 Å². The largest absolute Gasteiger partial charge is 0.456 e. The molecule has 0 fully saturated rings. The summed E-state index contributed by atoms with van der Waals surface area (Å²) in [5.74, 6) is -1.11. The number of nitrogens with one attached hydrogen (secondary N) is 2. The van der Waals surface area contributed by atoms with Crippen molar-refractivity contribution in [3.63, 3.8) is 0 Å². The predicted molar refractivity (Wildman–Crippen MR) is 99.5 cm³/mol. The van der Waals surface area contributed by atoms with Gasteiger partial charge < -0.3 is 10.1 Å². The quantitative estimate of drug-likeness (QED) is 0.633. The molecule has 1 heterocycles. The maximum atomic E-state index is 11.9. The van der Waals surface area contributed by atoms with Crippen LogP contribution in [0.2, 0.25) is 0 Å². The molecule has 1 aromatic heterocycles. The molecule has 2 aromatic rings. The molecule has 0 aliphatic heterocycles. The van der Waals surface area contributed by atoms with Crippen LogP contribution in [0.4, 0.5) is 5.69 Å². The van der Waals surface area contributed by atoms with Gasteiger partial charge in [-0.3, -0.25) is 9.59 Å². The molecule has 0 aliphatic carbocycles. The fraction of sp³-hybridized carbons (Fsp3) is 0.294. The number of hydrogen-bond donors (Lipinski definition) is 2. The van der Waals surface area contributed by atoms with E-state index in [1.807, 2.05) is 25.1 Å². The van der Waals surface area contributed by atoms with Crippen molar-refractivity contribution in [3.05, 3.63) is 47.3 Å². The van der Waals surface area contributed by atoms with Crippen molar-refractivity contribution in [3.8, 4) is 0 Å². The van der Waals surface area contributed by atoms with Gasteiger partial charge in [0.15, 0.2) is 6.61 Å². The fourth-order valence-electron chi connectivity index (χ4n) is 2.06. The lowest BCUT2D eigenvalue weighted by Crippen LogP contribution is -2.27. The van der Waals surface area contributed by atoms with Crippen LogP contribution in [-0.4, -0.2) is 33.4 Å². The average Bonchev–Trinajstić information content (AvgIpc) is 3.15. The van der Waals surface area contributed by atoms with Crippen molar-refractivity contribution >= 4 is 38.9 Å². The van der Waals surface area contributed by atoms with Crippen LogP contribution in [0.25, 0.3) is 0 Å². The summed E-state index contributed by atoms with van der Waals surface area (Å²) < 4.78 is 31.1. The Bertz CT molecular complexity index is 848. The Morgan fingerprint density at radius 2 is 2.00 bits per heavy atom. The van der Waals surface area contributed by atoms with Gasteiger partial charge in [-0.2, -0.15) is 0 Å². The number of hydrogen-bond acceptors (Lipinski definition) is 6. The molecular formula is C17H20N2O5S2. The Balaban J connectivity index is 1.70. The molecule has 9 heteroatoms. The van der Waals surface area contributed by atoms with E-state index in [2.05, 4.69) is 10.0 Å². The van der Waals surface area contributed by atoms with Crippen molar-refractivity contribution in [1.29, 1.82) is 0 Å². The monoisotopic (exact) mass is 396 g/mol. The normalized spacial score (nSPS) is 11.1. The van der Waals surface area contributed by atoms with Crippen LogP contribution < -0.4 is 10.0 Å². The maximum absolute atomic E-state index is 11.9. The second-order valence-corrected chi connectivity index (χ2v) is 8.28. The highest BCUT2D eigenvalue weighted by molar-refractivity contribution is 7.91. The number of amides is 1. The van der Waals surface area contributed by atoms with E-state index >= 15 is 0 Å². The third-order valence-electron chi connectivity index (χ3n) is 3.36. The zero-order valence-corrected chi connectivity index (χ0v) is 15.9. The average molecular weight is 396 g/mol. The molecule has 0 bridgehead atoms. The summed E-state index contributed by atoms with van der Waals surface area (Å²) in [5, 5.41) is 4.30. The fourth-order valence-corrected chi connectivity index (χ4v) is 4.13. The van der Waals surface area contributed by atoms with Crippen LogP contribution in [0.5, 0.6) is 0 Å². The Hall–Kier alpha value is -2.23. The summed E-state index contributed by atoms with van der Waals surface area (Å²) in [5.41, 5.74) is 1.71. The number of sulfonamides is 1. The van der Waals surface area contributed by atoms with Gasteiger partial charge in [-0.05, 0) is 35.6 Å². The Labute approximate surface area is 156 Å². The molecule has 0 atom stereocenters. The van der Waals surface area contributed by atoms with E-state index < -0.39 is 28.5 Å². The Kier molecular flexibility index (Phi) is 7.31. The number of carbonyl (C=O) groups is 2. The first-order valence-corrected chi connectivity index (χ1v) is 10.3. The van der Waals surface area contributed by atoms with Crippen molar-refractivity contribution in [2.24, 2.45) is 0 Å². The van der Waals surface area contributed by atoms with E-state index in [9.17, 15) is 18.0 Å².